The summed E-state index contributed by atoms with van der Waals surface area (Å²) in [7, 11) is 4.92. The average Bonchev–Trinajstić information content (AvgIpc) is 2.55. The maximum Gasteiger partial charge on any atom is 0.212 e. The third kappa shape index (κ3) is 3.30. The van der Waals surface area contributed by atoms with Crippen LogP contribution >= 0.6 is 0 Å². The zero-order chi connectivity index (χ0) is 16.1. The highest BCUT2D eigenvalue weighted by Crippen LogP contribution is 2.28. The molecule has 0 saturated carbocycles. The molecule has 2 rings (SSSR count). The molecule has 0 saturated heterocycles. The van der Waals surface area contributed by atoms with Crippen LogP contribution in [-0.2, 0) is 14.2 Å². The first-order valence-electron chi connectivity index (χ1n) is 7.43. The van der Waals surface area contributed by atoms with Crippen molar-refractivity contribution in [2.24, 2.45) is 15.9 Å². The summed E-state index contributed by atoms with van der Waals surface area (Å²) in [4.78, 5) is 9.40. The van der Waals surface area contributed by atoms with Crippen LogP contribution in [0.3, 0.4) is 0 Å². The summed E-state index contributed by atoms with van der Waals surface area (Å²) in [6.07, 6.45) is -0.266. The van der Waals surface area contributed by atoms with Crippen LogP contribution in [0.25, 0.3) is 0 Å². The Morgan fingerprint density at radius 1 is 0.864 bits per heavy atom. The number of nitrogens with zero attached hydrogens (tertiary/aromatic N) is 2. The predicted octanol–water partition coefficient (Wildman–Crippen LogP) is 2.87. The van der Waals surface area contributed by atoms with E-state index in [4.69, 9.17) is 19.2 Å². The Kier molecular flexibility index (Phi) is 5.55. The third-order valence-electron chi connectivity index (χ3n) is 3.76. The predicted molar refractivity (Wildman–Crippen MR) is 87.5 cm³/mol. The van der Waals surface area contributed by atoms with Crippen molar-refractivity contribution >= 4 is 11.8 Å². The summed E-state index contributed by atoms with van der Waals surface area (Å²) < 4.78 is 16.6. The molecular formula is C17H24N2O3. The average molecular weight is 304 g/mol. The molecule has 0 amide bonds. The third-order valence-corrected chi connectivity index (χ3v) is 3.76. The van der Waals surface area contributed by atoms with Crippen LogP contribution in [0.4, 0.5) is 0 Å². The highest BCUT2D eigenvalue weighted by Gasteiger charge is 2.36. The van der Waals surface area contributed by atoms with E-state index in [2.05, 4.69) is 18.8 Å². The van der Waals surface area contributed by atoms with Crippen LogP contribution in [0.15, 0.2) is 40.3 Å². The van der Waals surface area contributed by atoms with Crippen LogP contribution in [-0.4, -0.2) is 45.2 Å². The van der Waals surface area contributed by atoms with E-state index in [-0.39, 0.29) is 24.1 Å². The Morgan fingerprint density at radius 2 is 1.41 bits per heavy atom. The number of hydrogen-bond donors (Lipinski definition) is 0. The summed E-state index contributed by atoms with van der Waals surface area (Å²) in [5.41, 5.74) is 1.03. The Morgan fingerprint density at radius 3 is 1.91 bits per heavy atom. The molecule has 1 aliphatic rings. The van der Waals surface area contributed by atoms with E-state index in [9.17, 15) is 0 Å². The summed E-state index contributed by atoms with van der Waals surface area (Å²) in [6, 6.07) is 9.49. The van der Waals surface area contributed by atoms with Gasteiger partial charge in [-0.1, -0.05) is 44.2 Å². The minimum atomic E-state index is -0.345. The second kappa shape index (κ2) is 7.40. The summed E-state index contributed by atoms with van der Waals surface area (Å²) in [5.74, 6) is 1.48. The van der Waals surface area contributed by atoms with Gasteiger partial charge in [0.1, 0.15) is 12.1 Å². The standard InChI is InChI=1S/C17H24N2O3/c1-11(2)13-16(21-4)19-14(17(18-13)22-5)15(20-3)12-9-7-6-8-10-12/h6-11,13-15H,1-5H3/t13-,14+,15-/m1/s1. The number of benzene rings is 1. The Hall–Kier alpha value is -1.88. The SMILES string of the molecule is COC1=N[C@H](C(C)C)C(OC)=N[C@H]1[C@H](OC)c1ccccc1. The van der Waals surface area contributed by atoms with Crippen molar-refractivity contribution in [3.05, 3.63) is 35.9 Å². The van der Waals surface area contributed by atoms with Crippen molar-refractivity contribution in [2.45, 2.75) is 32.0 Å². The Labute approximate surface area is 132 Å². The minimum absolute atomic E-state index is 0.121. The fourth-order valence-corrected chi connectivity index (χ4v) is 2.61. The molecule has 0 unspecified atom stereocenters. The van der Waals surface area contributed by atoms with Crippen LogP contribution in [0.5, 0.6) is 0 Å². The highest BCUT2D eigenvalue weighted by molar-refractivity contribution is 5.94. The van der Waals surface area contributed by atoms with Crippen LogP contribution < -0.4 is 0 Å². The molecule has 5 heteroatoms. The molecule has 1 aliphatic heterocycles. The molecule has 22 heavy (non-hydrogen) atoms. The fraction of sp³-hybridized carbons (Fsp3) is 0.529. The quantitative estimate of drug-likeness (QED) is 0.859. The van der Waals surface area contributed by atoms with Gasteiger partial charge in [-0.25, -0.2) is 9.98 Å². The molecule has 0 radical (unpaired) electrons. The Balaban J connectivity index is 2.39. The molecule has 0 fully saturated rings. The van der Waals surface area contributed by atoms with E-state index >= 15 is 0 Å². The summed E-state index contributed by atoms with van der Waals surface area (Å²) >= 11 is 0. The monoisotopic (exact) mass is 304 g/mol. The molecule has 120 valence electrons. The molecule has 0 spiro atoms. The summed E-state index contributed by atoms with van der Waals surface area (Å²) in [5, 5.41) is 0. The molecular weight excluding hydrogens is 280 g/mol. The topological polar surface area (TPSA) is 52.4 Å². The lowest BCUT2D eigenvalue weighted by atomic mass is 9.98. The van der Waals surface area contributed by atoms with Crippen molar-refractivity contribution in [3.8, 4) is 0 Å². The molecule has 5 nitrogen and oxygen atoms in total. The number of rotatable bonds is 4. The zero-order valence-corrected chi connectivity index (χ0v) is 13.8. The lowest BCUT2D eigenvalue weighted by Crippen LogP contribution is -2.40. The molecule has 1 aromatic carbocycles. The molecule has 0 aliphatic carbocycles. The highest BCUT2D eigenvalue weighted by atomic mass is 16.5. The van der Waals surface area contributed by atoms with Gasteiger partial charge in [0.05, 0.1) is 14.2 Å². The van der Waals surface area contributed by atoms with Gasteiger partial charge in [-0.2, -0.15) is 0 Å². The second-order valence-electron chi connectivity index (χ2n) is 5.54. The van der Waals surface area contributed by atoms with Crippen molar-refractivity contribution in [3.63, 3.8) is 0 Å². The number of hydrogen-bond acceptors (Lipinski definition) is 5. The molecule has 0 aromatic heterocycles. The van der Waals surface area contributed by atoms with E-state index < -0.39 is 0 Å². The Bertz CT molecular complexity index is 540. The second-order valence-corrected chi connectivity index (χ2v) is 5.54. The molecule has 1 heterocycles. The number of aliphatic imine (C=N–C) groups is 2. The minimum Gasteiger partial charge on any atom is -0.483 e. The normalized spacial score (nSPS) is 22.8. The van der Waals surface area contributed by atoms with Crippen molar-refractivity contribution in [2.75, 3.05) is 21.3 Å². The molecule has 0 N–H and O–H groups in total. The first-order valence-corrected chi connectivity index (χ1v) is 7.43. The lowest BCUT2D eigenvalue weighted by Gasteiger charge is -2.30. The largest absolute Gasteiger partial charge is 0.483 e. The van der Waals surface area contributed by atoms with Gasteiger partial charge in [-0.05, 0) is 11.5 Å². The zero-order valence-electron chi connectivity index (χ0n) is 13.8. The van der Waals surface area contributed by atoms with E-state index in [0.29, 0.717) is 11.8 Å². The van der Waals surface area contributed by atoms with Crippen molar-refractivity contribution in [1.82, 2.24) is 0 Å². The molecule has 0 bridgehead atoms. The van der Waals surface area contributed by atoms with Gasteiger partial charge in [-0.3, -0.25) is 0 Å². The fourth-order valence-electron chi connectivity index (χ4n) is 2.61. The van der Waals surface area contributed by atoms with Crippen molar-refractivity contribution < 1.29 is 14.2 Å². The first-order chi connectivity index (χ1) is 10.6. The molecule has 1 aromatic rings. The maximum absolute atomic E-state index is 5.67. The van der Waals surface area contributed by atoms with Gasteiger partial charge >= 0.3 is 0 Å². The lowest BCUT2D eigenvalue weighted by molar-refractivity contribution is 0.0897. The van der Waals surface area contributed by atoms with Gasteiger partial charge < -0.3 is 14.2 Å². The van der Waals surface area contributed by atoms with Gasteiger partial charge in [0.15, 0.2) is 6.04 Å². The van der Waals surface area contributed by atoms with Crippen molar-refractivity contribution in [1.29, 1.82) is 0 Å². The van der Waals surface area contributed by atoms with E-state index in [1.807, 2.05) is 30.3 Å². The van der Waals surface area contributed by atoms with Gasteiger partial charge in [0.25, 0.3) is 0 Å². The van der Waals surface area contributed by atoms with E-state index in [0.717, 1.165) is 5.56 Å². The number of ether oxygens (including phenoxy) is 3. The van der Waals surface area contributed by atoms with Gasteiger partial charge in [0.2, 0.25) is 11.8 Å². The van der Waals surface area contributed by atoms with Crippen LogP contribution in [0.2, 0.25) is 0 Å². The van der Waals surface area contributed by atoms with Crippen LogP contribution in [0.1, 0.15) is 25.5 Å². The van der Waals surface area contributed by atoms with E-state index in [1.54, 1.807) is 21.3 Å². The van der Waals surface area contributed by atoms with Crippen LogP contribution in [0, 0.1) is 5.92 Å². The first kappa shape index (κ1) is 16.5. The maximum atomic E-state index is 5.67. The smallest absolute Gasteiger partial charge is 0.212 e. The molecule has 3 atom stereocenters. The number of methoxy groups -OCH3 is 3. The van der Waals surface area contributed by atoms with E-state index in [1.165, 1.54) is 0 Å². The van der Waals surface area contributed by atoms with Gasteiger partial charge in [0, 0.05) is 7.11 Å². The summed E-state index contributed by atoms with van der Waals surface area (Å²) in [6.45, 7) is 4.17. The van der Waals surface area contributed by atoms with Gasteiger partial charge in [-0.15, -0.1) is 0 Å².